The Bertz CT molecular complexity index is 986. The van der Waals surface area contributed by atoms with Crippen molar-refractivity contribution in [3.05, 3.63) is 59.4 Å². The van der Waals surface area contributed by atoms with Crippen molar-refractivity contribution in [1.29, 1.82) is 0 Å². The van der Waals surface area contributed by atoms with Crippen LogP contribution in [0.4, 0.5) is 5.69 Å². The molecule has 0 radical (unpaired) electrons. The van der Waals surface area contributed by atoms with E-state index in [1.807, 2.05) is 41.5 Å². The van der Waals surface area contributed by atoms with Crippen molar-refractivity contribution in [2.45, 2.75) is 65.1 Å². The van der Waals surface area contributed by atoms with E-state index in [1.165, 1.54) is 5.56 Å². The first kappa shape index (κ1) is 23.1. The average Bonchev–Trinajstić information content (AvgIpc) is 3.28. The van der Waals surface area contributed by atoms with E-state index in [1.54, 1.807) is 0 Å². The summed E-state index contributed by atoms with van der Waals surface area (Å²) in [5, 5.41) is 7.06. The van der Waals surface area contributed by atoms with Gasteiger partial charge in [-0.1, -0.05) is 45.9 Å². The lowest BCUT2D eigenvalue weighted by Crippen LogP contribution is -2.42. The molecule has 0 bridgehead atoms. The summed E-state index contributed by atoms with van der Waals surface area (Å²) >= 11 is 0. The molecule has 32 heavy (non-hydrogen) atoms. The van der Waals surface area contributed by atoms with Gasteiger partial charge in [0.25, 0.3) is 0 Å². The molecule has 0 fully saturated rings. The summed E-state index contributed by atoms with van der Waals surface area (Å²) in [7, 11) is -1.71. The zero-order valence-corrected chi connectivity index (χ0v) is 21.3. The van der Waals surface area contributed by atoms with Crippen molar-refractivity contribution >= 4 is 19.7 Å². The lowest BCUT2D eigenvalue weighted by atomic mass is 9.97. The number of para-hydroxylation sites is 1. The summed E-state index contributed by atoms with van der Waals surface area (Å²) in [6.07, 6.45) is 1.79. The number of hydrazone groups is 1. The van der Waals surface area contributed by atoms with Crippen molar-refractivity contribution in [2.75, 3.05) is 18.2 Å². The van der Waals surface area contributed by atoms with Crippen molar-refractivity contribution in [1.82, 2.24) is 9.88 Å². The van der Waals surface area contributed by atoms with E-state index in [9.17, 15) is 0 Å². The third kappa shape index (κ3) is 4.52. The standard InChI is InChI=1S/C25H37N5OSi/c1-18-23(28-30(24(18)26)21-10-8-7-9-11-21)19-14-20-16-29(17-22(20)27-15-19)12-13-31-32(5,6)25(2,3)4/h7-11,14-15,18,24H,12-13,16-17,26H2,1-6H3. The van der Waals surface area contributed by atoms with Crippen LogP contribution in [0.15, 0.2) is 47.7 Å². The first-order valence-electron chi connectivity index (χ1n) is 11.6. The van der Waals surface area contributed by atoms with Crippen LogP contribution in [0.25, 0.3) is 0 Å². The zero-order valence-electron chi connectivity index (χ0n) is 20.3. The maximum atomic E-state index is 6.51. The topological polar surface area (TPSA) is 67.0 Å². The van der Waals surface area contributed by atoms with Gasteiger partial charge in [-0.25, -0.2) is 5.01 Å². The van der Waals surface area contributed by atoms with Crippen LogP contribution in [0.3, 0.4) is 0 Å². The third-order valence-corrected chi connectivity index (χ3v) is 11.8. The minimum Gasteiger partial charge on any atom is -0.416 e. The molecule has 2 N–H and O–H groups in total. The average molecular weight is 452 g/mol. The fourth-order valence-corrected chi connectivity index (χ4v) is 5.08. The molecule has 0 saturated carbocycles. The largest absolute Gasteiger partial charge is 0.416 e. The van der Waals surface area contributed by atoms with Crippen LogP contribution >= 0.6 is 0 Å². The Morgan fingerprint density at radius 1 is 1.16 bits per heavy atom. The Morgan fingerprint density at radius 2 is 1.88 bits per heavy atom. The van der Waals surface area contributed by atoms with Gasteiger partial charge in [0.15, 0.2) is 8.32 Å². The van der Waals surface area contributed by atoms with Gasteiger partial charge in [-0.05, 0) is 41.9 Å². The Morgan fingerprint density at radius 3 is 2.56 bits per heavy atom. The van der Waals surface area contributed by atoms with E-state index in [0.717, 1.165) is 48.9 Å². The second kappa shape index (κ2) is 8.70. The first-order valence-corrected chi connectivity index (χ1v) is 14.5. The fourth-order valence-electron chi connectivity index (χ4n) is 4.05. The van der Waals surface area contributed by atoms with E-state index >= 15 is 0 Å². The molecule has 1 aromatic heterocycles. The number of hydrogen-bond donors (Lipinski definition) is 1. The number of rotatable bonds is 6. The molecule has 0 saturated heterocycles. The van der Waals surface area contributed by atoms with Gasteiger partial charge >= 0.3 is 0 Å². The highest BCUT2D eigenvalue weighted by molar-refractivity contribution is 6.74. The molecule has 2 aliphatic heterocycles. The SMILES string of the molecule is CC1C(c2cnc3c(c2)CN(CCO[Si](C)(C)C(C)(C)C)C3)=NN(c2ccccc2)C1N. The lowest BCUT2D eigenvalue weighted by Gasteiger charge is -2.36. The van der Waals surface area contributed by atoms with Crippen LogP contribution in [0.1, 0.15) is 44.5 Å². The molecule has 172 valence electrons. The Hall–Kier alpha value is -2.06. The van der Waals surface area contributed by atoms with Crippen LogP contribution in [0.5, 0.6) is 0 Å². The highest BCUT2D eigenvalue weighted by Gasteiger charge is 2.37. The van der Waals surface area contributed by atoms with E-state index in [2.05, 4.69) is 51.8 Å². The molecular formula is C25H37N5OSi. The van der Waals surface area contributed by atoms with Gasteiger partial charge in [0.05, 0.1) is 17.1 Å². The maximum absolute atomic E-state index is 6.51. The van der Waals surface area contributed by atoms with Crippen LogP contribution < -0.4 is 10.7 Å². The molecule has 0 amide bonds. The number of aromatic nitrogens is 1. The van der Waals surface area contributed by atoms with E-state index < -0.39 is 8.32 Å². The van der Waals surface area contributed by atoms with Gasteiger partial charge in [0.2, 0.25) is 0 Å². The van der Waals surface area contributed by atoms with Crippen LogP contribution in [0.2, 0.25) is 18.1 Å². The summed E-state index contributed by atoms with van der Waals surface area (Å²) < 4.78 is 6.38. The van der Waals surface area contributed by atoms with E-state index in [4.69, 9.17) is 20.2 Å². The number of hydrogen-bond acceptors (Lipinski definition) is 6. The molecule has 1 aromatic carbocycles. The molecule has 4 rings (SSSR count). The second-order valence-electron chi connectivity index (χ2n) is 10.6. The molecular weight excluding hydrogens is 414 g/mol. The highest BCUT2D eigenvalue weighted by Crippen LogP contribution is 2.36. The minimum absolute atomic E-state index is 0.130. The smallest absolute Gasteiger partial charge is 0.192 e. The number of nitrogens with zero attached hydrogens (tertiary/aromatic N) is 4. The van der Waals surface area contributed by atoms with Crippen molar-refractivity contribution in [3.63, 3.8) is 0 Å². The Balaban J connectivity index is 1.43. The molecule has 0 aliphatic carbocycles. The molecule has 2 aromatic rings. The zero-order chi connectivity index (χ0) is 23.1. The van der Waals surface area contributed by atoms with Gasteiger partial charge in [-0.3, -0.25) is 9.88 Å². The normalized spacial score (nSPS) is 21.7. The quantitative estimate of drug-likeness (QED) is 0.652. The number of fused-ring (bicyclic) bond motifs is 1. The summed E-state index contributed by atoms with van der Waals surface area (Å²) in [4.78, 5) is 7.22. The molecule has 2 atom stereocenters. The van der Waals surface area contributed by atoms with Gasteiger partial charge in [0.1, 0.15) is 6.17 Å². The van der Waals surface area contributed by atoms with Crippen LogP contribution in [-0.4, -0.2) is 43.2 Å². The highest BCUT2D eigenvalue weighted by atomic mass is 28.4. The van der Waals surface area contributed by atoms with E-state index in [-0.39, 0.29) is 17.1 Å². The third-order valence-electron chi connectivity index (χ3n) is 7.26. The first-order chi connectivity index (χ1) is 15.1. The molecule has 3 heterocycles. The number of anilines is 1. The molecule has 2 aliphatic rings. The number of pyridine rings is 1. The monoisotopic (exact) mass is 451 g/mol. The summed E-state index contributed by atoms with van der Waals surface area (Å²) in [5.41, 5.74) is 12.1. The maximum Gasteiger partial charge on any atom is 0.192 e. The van der Waals surface area contributed by atoms with Crippen molar-refractivity contribution in [2.24, 2.45) is 16.8 Å². The van der Waals surface area contributed by atoms with Gasteiger partial charge in [0, 0.05) is 43.9 Å². The van der Waals surface area contributed by atoms with Crippen LogP contribution in [0, 0.1) is 5.92 Å². The second-order valence-corrected chi connectivity index (χ2v) is 15.4. The van der Waals surface area contributed by atoms with E-state index in [0.29, 0.717) is 0 Å². The Labute approximate surface area is 193 Å². The van der Waals surface area contributed by atoms with Gasteiger partial charge in [-0.15, -0.1) is 0 Å². The number of nitrogens with two attached hydrogens (primary N) is 1. The van der Waals surface area contributed by atoms with Crippen molar-refractivity contribution in [3.8, 4) is 0 Å². The molecule has 0 spiro atoms. The summed E-state index contributed by atoms with van der Waals surface area (Å²) in [6.45, 7) is 17.1. The molecule has 6 nitrogen and oxygen atoms in total. The fraction of sp³-hybridized carbons (Fsp3) is 0.520. The predicted octanol–water partition coefficient (Wildman–Crippen LogP) is 4.56. The minimum atomic E-state index is -1.71. The Kier molecular flexibility index (Phi) is 6.29. The summed E-state index contributed by atoms with van der Waals surface area (Å²) in [5.74, 6) is 0.130. The predicted molar refractivity (Wildman–Crippen MR) is 134 cm³/mol. The van der Waals surface area contributed by atoms with Crippen molar-refractivity contribution < 1.29 is 4.43 Å². The number of benzene rings is 1. The van der Waals surface area contributed by atoms with Gasteiger partial charge in [-0.2, -0.15) is 5.10 Å². The molecule has 2 unspecified atom stereocenters. The lowest BCUT2D eigenvalue weighted by molar-refractivity contribution is 0.199. The molecule has 7 heteroatoms. The summed E-state index contributed by atoms with van der Waals surface area (Å²) in [6, 6.07) is 12.4. The van der Waals surface area contributed by atoms with Gasteiger partial charge < -0.3 is 10.2 Å². The van der Waals surface area contributed by atoms with Crippen LogP contribution in [-0.2, 0) is 17.5 Å².